The number of amides is 2. The van der Waals surface area contributed by atoms with Gasteiger partial charge in [0.2, 0.25) is 15.9 Å². The molecule has 2 heterocycles. The number of nitrogens with two attached hydrogens (primary N) is 1. The fourth-order valence-electron chi connectivity index (χ4n) is 2.34. The van der Waals surface area contributed by atoms with Crippen molar-refractivity contribution >= 4 is 54.6 Å². The second-order valence-electron chi connectivity index (χ2n) is 5.48. The van der Waals surface area contributed by atoms with Crippen molar-refractivity contribution in [3.8, 4) is 0 Å². The number of ether oxygens (including phenoxy) is 1. The molecule has 1 aromatic rings. The molecule has 1 fully saturated rings. The molecule has 1 aliphatic heterocycles. The van der Waals surface area contributed by atoms with E-state index >= 15 is 0 Å². The van der Waals surface area contributed by atoms with Gasteiger partial charge in [0, 0.05) is 5.38 Å². The van der Waals surface area contributed by atoms with Crippen LogP contribution in [0, 0.1) is 0 Å². The summed E-state index contributed by atoms with van der Waals surface area (Å²) < 4.78 is 62.6. The minimum atomic E-state index is -5.34. The summed E-state index contributed by atoms with van der Waals surface area (Å²) in [4.78, 5) is 40.0. The molecule has 0 saturated carbocycles. The number of esters is 1. The summed E-state index contributed by atoms with van der Waals surface area (Å²) in [6.07, 6.45) is 0.764. The van der Waals surface area contributed by atoms with Crippen molar-refractivity contribution in [2.75, 3.05) is 19.1 Å². The van der Waals surface area contributed by atoms with E-state index in [4.69, 9.17) is 5.73 Å². The summed E-state index contributed by atoms with van der Waals surface area (Å²) in [6.45, 7) is 0. The number of sulfonamides is 1. The number of hydrogen-bond acceptors (Lipinski definition) is 12. The summed E-state index contributed by atoms with van der Waals surface area (Å²) in [5.74, 6) is -3.78. The Morgan fingerprint density at radius 3 is 2.38 bits per heavy atom. The van der Waals surface area contributed by atoms with Crippen LogP contribution in [0.2, 0.25) is 0 Å². The largest absolute Gasteiger partial charge is 1.00 e. The molecule has 0 spiro atoms. The minimum absolute atomic E-state index is 0. The van der Waals surface area contributed by atoms with Gasteiger partial charge in [-0.05, 0) is 0 Å². The summed E-state index contributed by atoms with van der Waals surface area (Å²) in [5, 5.41) is 3.34. The molecule has 0 aliphatic carbocycles. The molecule has 2 amide bonds. The van der Waals surface area contributed by atoms with E-state index in [9.17, 15) is 35.8 Å². The van der Waals surface area contributed by atoms with Crippen molar-refractivity contribution in [2.24, 2.45) is 0 Å². The Kier molecular flexibility index (Phi) is 8.16. The summed E-state index contributed by atoms with van der Waals surface area (Å²) in [5.41, 5.74) is 5.36. The molecule has 0 bridgehead atoms. The molecule has 14 nitrogen and oxygen atoms in total. The molecular weight excluding hydrogens is 465 g/mol. The van der Waals surface area contributed by atoms with Crippen LogP contribution in [0.15, 0.2) is 5.38 Å². The van der Waals surface area contributed by atoms with Gasteiger partial charge in [0.05, 0.1) is 19.1 Å². The van der Waals surface area contributed by atoms with Crippen LogP contribution < -0.4 is 45.3 Å². The smallest absolute Gasteiger partial charge is 0.731 e. The molecule has 0 aromatic carbocycles. The number of hydrogen-bond donors (Lipinski definition) is 3. The van der Waals surface area contributed by atoms with E-state index in [0.717, 1.165) is 24.7 Å². The average Bonchev–Trinajstić information content (AvgIpc) is 2.98. The number of rotatable bonds is 7. The van der Waals surface area contributed by atoms with Crippen molar-refractivity contribution < 1.29 is 70.1 Å². The van der Waals surface area contributed by atoms with E-state index in [1.807, 2.05) is 10.0 Å². The quantitative estimate of drug-likeness (QED) is 0.144. The van der Waals surface area contributed by atoms with Gasteiger partial charge in [0.15, 0.2) is 21.5 Å². The van der Waals surface area contributed by atoms with E-state index in [-0.39, 0.29) is 44.7 Å². The first-order valence-corrected chi connectivity index (χ1v) is 11.3. The topological polar surface area (TPSA) is 218 Å². The van der Waals surface area contributed by atoms with E-state index in [1.165, 1.54) is 5.38 Å². The summed E-state index contributed by atoms with van der Waals surface area (Å²) in [7, 11) is -8.40. The van der Waals surface area contributed by atoms with Crippen LogP contribution in [-0.2, 0) is 39.4 Å². The Morgan fingerprint density at radius 1 is 1.38 bits per heavy atom. The number of anilines is 1. The molecule has 1 aliphatic rings. The van der Waals surface area contributed by atoms with Gasteiger partial charge in [-0.2, -0.15) is 4.72 Å². The Hall–Kier alpha value is -1.34. The van der Waals surface area contributed by atoms with E-state index in [1.54, 1.807) is 0 Å². The van der Waals surface area contributed by atoms with Crippen molar-refractivity contribution in [2.45, 2.75) is 18.1 Å². The molecule has 2 rings (SSSR count). The van der Waals surface area contributed by atoms with Crippen molar-refractivity contribution in [3.63, 3.8) is 0 Å². The van der Waals surface area contributed by atoms with Gasteiger partial charge in [-0.1, -0.05) is 0 Å². The van der Waals surface area contributed by atoms with E-state index < -0.39 is 56.2 Å². The van der Waals surface area contributed by atoms with Crippen LogP contribution in [0.1, 0.15) is 11.7 Å². The Labute approximate surface area is 191 Å². The Morgan fingerprint density at radius 2 is 1.97 bits per heavy atom. The number of thiazole rings is 1. The van der Waals surface area contributed by atoms with Gasteiger partial charge in [-0.25, -0.2) is 30.9 Å². The van der Waals surface area contributed by atoms with E-state index in [0.29, 0.717) is 0 Å². The molecule has 29 heavy (non-hydrogen) atoms. The fourth-order valence-corrected chi connectivity index (χ4v) is 4.40. The maximum Gasteiger partial charge on any atom is 1.00 e. The molecule has 1 aromatic heterocycles. The fraction of sp³-hybridized carbons (Fsp3) is 0.455. The van der Waals surface area contributed by atoms with Gasteiger partial charge in [-0.15, -0.1) is 11.3 Å². The summed E-state index contributed by atoms with van der Waals surface area (Å²) >= 11 is 0.910. The standard InChI is InChI=1S/C11H15N5O9S3.Na/c1-25-10(19)7-6(9(18)16(7)28(22,23)24)14-8(17)5(15-27(2,20)21)4-3-26-11(12)13-4;/h3,5-7,15H,1-2H3,(H2,12,13)(H,14,17)(H,22,23,24);/q;+1/p-1/t5?,6-,7-;/m1./s1. The third-order valence-electron chi connectivity index (χ3n) is 3.46. The zero-order chi connectivity index (χ0) is 21.4. The Bertz CT molecular complexity index is 1020. The molecule has 4 N–H and O–H groups in total. The Balaban J connectivity index is 0.00000420. The number of nitrogens with zero attached hydrogens (tertiary/aromatic N) is 2. The first kappa shape index (κ1) is 25.7. The monoisotopic (exact) mass is 479 g/mol. The first-order chi connectivity index (χ1) is 12.8. The first-order valence-electron chi connectivity index (χ1n) is 7.11. The molecule has 3 atom stereocenters. The third kappa shape index (κ3) is 5.85. The van der Waals surface area contributed by atoms with Gasteiger partial charge in [0.25, 0.3) is 5.91 Å². The second-order valence-corrected chi connectivity index (χ2v) is 9.40. The number of carbonyl (C=O) groups is 3. The van der Waals surface area contributed by atoms with Crippen LogP contribution in [0.3, 0.4) is 0 Å². The average molecular weight is 479 g/mol. The molecule has 0 radical (unpaired) electrons. The minimum Gasteiger partial charge on any atom is -0.731 e. The van der Waals surface area contributed by atoms with Crippen LogP contribution >= 0.6 is 11.3 Å². The third-order valence-corrected chi connectivity index (χ3v) is 5.71. The van der Waals surface area contributed by atoms with E-state index in [2.05, 4.69) is 9.72 Å². The number of nitrogen functional groups attached to an aromatic ring is 1. The maximum atomic E-state index is 12.5. The van der Waals surface area contributed by atoms with Gasteiger partial charge < -0.3 is 20.3 Å². The van der Waals surface area contributed by atoms with Crippen molar-refractivity contribution in [1.82, 2.24) is 19.3 Å². The molecule has 1 saturated heterocycles. The van der Waals surface area contributed by atoms with Crippen LogP contribution in [-0.4, -0.2) is 73.9 Å². The number of β-lactam (4-membered cyclic amide) rings is 1. The number of methoxy groups -OCH3 is 1. The molecule has 18 heteroatoms. The molecule has 1 unspecified atom stereocenters. The van der Waals surface area contributed by atoms with Crippen LogP contribution in [0.4, 0.5) is 5.13 Å². The van der Waals surface area contributed by atoms with Crippen molar-refractivity contribution in [1.29, 1.82) is 0 Å². The predicted octanol–water partition coefficient (Wildman–Crippen LogP) is -6.35. The normalized spacial score (nSPS) is 20.2. The number of carbonyl (C=O) groups excluding carboxylic acids is 3. The maximum absolute atomic E-state index is 12.5. The zero-order valence-electron chi connectivity index (χ0n) is 15.2. The molecule has 156 valence electrons. The van der Waals surface area contributed by atoms with Gasteiger partial charge in [0.1, 0.15) is 12.1 Å². The molecular formula is C11H14N5NaO9S3. The number of aromatic nitrogens is 1. The zero-order valence-corrected chi connectivity index (χ0v) is 19.6. The SMILES string of the molecule is COC(=O)[C@H]1[C@@H](NC(=O)C(NS(C)(=O)=O)c2csc(N)n2)C(=O)N1S(=O)(=O)[O-].[Na+]. The van der Waals surface area contributed by atoms with Gasteiger partial charge >= 0.3 is 35.5 Å². The second kappa shape index (κ2) is 9.21. The summed E-state index contributed by atoms with van der Waals surface area (Å²) in [6, 6.07) is -5.32. The van der Waals surface area contributed by atoms with Crippen LogP contribution in [0.25, 0.3) is 0 Å². The predicted molar refractivity (Wildman–Crippen MR) is 91.5 cm³/mol. The van der Waals surface area contributed by atoms with Crippen LogP contribution in [0.5, 0.6) is 0 Å². The van der Waals surface area contributed by atoms with Crippen molar-refractivity contribution in [3.05, 3.63) is 11.1 Å². The number of nitrogens with one attached hydrogen (secondary N) is 2. The van der Waals surface area contributed by atoms with Gasteiger partial charge in [-0.3, -0.25) is 9.59 Å².